The summed E-state index contributed by atoms with van der Waals surface area (Å²) in [7, 11) is 1.75. The van der Waals surface area contributed by atoms with E-state index in [-0.39, 0.29) is 5.91 Å². The molecular weight excluding hydrogens is 306 g/mol. The molecule has 98 valence electrons. The Bertz CT molecular complexity index is 586. The van der Waals surface area contributed by atoms with Gasteiger partial charge in [0.15, 0.2) is 0 Å². The van der Waals surface area contributed by atoms with Gasteiger partial charge in [0, 0.05) is 29.0 Å². The summed E-state index contributed by atoms with van der Waals surface area (Å²) in [6.07, 6.45) is 1.71. The third-order valence-corrected chi connectivity index (χ3v) is 3.44. The van der Waals surface area contributed by atoms with Gasteiger partial charge in [-0.2, -0.15) is 0 Å². The summed E-state index contributed by atoms with van der Waals surface area (Å²) in [6.45, 7) is 0.468. The van der Waals surface area contributed by atoms with Crippen molar-refractivity contribution in [2.75, 3.05) is 12.8 Å². The molecule has 1 heterocycles. The van der Waals surface area contributed by atoms with Gasteiger partial charge in [0.2, 0.25) is 0 Å². The number of aromatic nitrogens is 1. The van der Waals surface area contributed by atoms with Gasteiger partial charge in [-0.05, 0) is 46.3 Å². The van der Waals surface area contributed by atoms with Gasteiger partial charge in [0.1, 0.15) is 0 Å². The average molecular weight is 320 g/mol. The predicted molar refractivity (Wildman–Crippen MR) is 78.6 cm³/mol. The highest BCUT2D eigenvalue weighted by molar-refractivity contribution is 9.10. The summed E-state index contributed by atoms with van der Waals surface area (Å²) >= 11 is 3.31. The first-order valence-corrected chi connectivity index (χ1v) is 6.57. The van der Waals surface area contributed by atoms with Gasteiger partial charge in [-0.1, -0.05) is 6.07 Å². The van der Waals surface area contributed by atoms with Crippen LogP contribution in [0.1, 0.15) is 16.1 Å². The second kappa shape index (κ2) is 5.84. The number of hydrogen-bond acceptors (Lipinski definition) is 3. The maximum Gasteiger partial charge on any atom is 0.254 e. The Hall–Kier alpha value is -1.88. The van der Waals surface area contributed by atoms with Crippen LogP contribution in [0.15, 0.2) is 47.1 Å². The highest BCUT2D eigenvalue weighted by Crippen LogP contribution is 2.21. The zero-order valence-corrected chi connectivity index (χ0v) is 12.1. The van der Waals surface area contributed by atoms with Crippen molar-refractivity contribution in [3.63, 3.8) is 0 Å². The number of hydrogen-bond donors (Lipinski definition) is 1. The first kappa shape index (κ1) is 13.5. The third-order valence-electron chi connectivity index (χ3n) is 2.71. The summed E-state index contributed by atoms with van der Waals surface area (Å²) < 4.78 is 0.788. The van der Waals surface area contributed by atoms with Gasteiger partial charge in [-0.25, -0.2) is 0 Å². The molecule has 0 spiro atoms. The number of nitrogens with zero attached hydrogens (tertiary/aromatic N) is 2. The number of pyridine rings is 1. The van der Waals surface area contributed by atoms with Crippen molar-refractivity contribution >= 4 is 27.5 Å². The maximum absolute atomic E-state index is 12.2. The molecule has 5 heteroatoms. The van der Waals surface area contributed by atoms with E-state index in [9.17, 15) is 4.79 Å². The van der Waals surface area contributed by atoms with Gasteiger partial charge >= 0.3 is 0 Å². The van der Waals surface area contributed by atoms with E-state index in [2.05, 4.69) is 20.9 Å². The lowest BCUT2D eigenvalue weighted by Gasteiger charge is -2.17. The number of carbonyl (C=O) groups is 1. The molecule has 2 aromatic rings. The van der Waals surface area contributed by atoms with Crippen LogP contribution in [0.3, 0.4) is 0 Å². The largest absolute Gasteiger partial charge is 0.398 e. The van der Waals surface area contributed by atoms with Gasteiger partial charge < -0.3 is 10.6 Å². The summed E-state index contributed by atoms with van der Waals surface area (Å²) in [6, 6.07) is 10.8. The van der Waals surface area contributed by atoms with Crippen LogP contribution < -0.4 is 5.73 Å². The van der Waals surface area contributed by atoms with E-state index in [1.165, 1.54) is 0 Å². The summed E-state index contributed by atoms with van der Waals surface area (Å²) in [5, 5.41) is 0. The number of anilines is 1. The first-order chi connectivity index (χ1) is 9.08. The molecule has 0 bridgehead atoms. The van der Waals surface area contributed by atoms with E-state index in [1.807, 2.05) is 18.2 Å². The quantitative estimate of drug-likeness (QED) is 0.885. The van der Waals surface area contributed by atoms with Crippen LogP contribution in [0.2, 0.25) is 0 Å². The standard InChI is InChI=1S/C14H14BrN3O/c1-18(9-11-4-2-3-7-17-11)14(19)10-5-6-12(15)13(16)8-10/h2-8H,9,16H2,1H3. The Morgan fingerprint density at radius 1 is 1.37 bits per heavy atom. The van der Waals surface area contributed by atoms with Crippen molar-refractivity contribution < 1.29 is 4.79 Å². The second-order valence-corrected chi connectivity index (χ2v) is 5.07. The Kier molecular flexibility index (Phi) is 4.16. The Balaban J connectivity index is 2.12. The molecule has 0 aliphatic carbocycles. The molecule has 0 saturated heterocycles. The minimum atomic E-state index is -0.0788. The summed E-state index contributed by atoms with van der Waals surface area (Å²) in [5.74, 6) is -0.0788. The zero-order valence-electron chi connectivity index (χ0n) is 10.5. The summed E-state index contributed by atoms with van der Waals surface area (Å²) in [4.78, 5) is 18.1. The van der Waals surface area contributed by atoms with Crippen LogP contribution >= 0.6 is 15.9 Å². The average Bonchev–Trinajstić information content (AvgIpc) is 2.42. The number of benzene rings is 1. The van der Waals surface area contributed by atoms with E-state index < -0.39 is 0 Å². The minimum absolute atomic E-state index is 0.0788. The van der Waals surface area contributed by atoms with Crippen LogP contribution in [0.5, 0.6) is 0 Å². The van der Waals surface area contributed by atoms with Crippen molar-refractivity contribution in [3.05, 3.63) is 58.3 Å². The summed E-state index contributed by atoms with van der Waals surface area (Å²) in [5.41, 5.74) is 7.75. The molecule has 19 heavy (non-hydrogen) atoms. The van der Waals surface area contributed by atoms with Gasteiger partial charge in [0.05, 0.1) is 12.2 Å². The van der Waals surface area contributed by atoms with Crippen molar-refractivity contribution in [1.82, 2.24) is 9.88 Å². The normalized spacial score (nSPS) is 10.2. The predicted octanol–water partition coefficient (Wildman–Crippen LogP) is 2.70. The van der Waals surface area contributed by atoms with E-state index >= 15 is 0 Å². The number of amides is 1. The van der Waals surface area contributed by atoms with Crippen molar-refractivity contribution in [3.8, 4) is 0 Å². The van der Waals surface area contributed by atoms with Crippen molar-refractivity contribution in [2.24, 2.45) is 0 Å². The minimum Gasteiger partial charge on any atom is -0.398 e. The molecule has 0 aliphatic rings. The Morgan fingerprint density at radius 3 is 2.79 bits per heavy atom. The molecule has 0 unspecified atom stereocenters. The number of halogens is 1. The van der Waals surface area contributed by atoms with Crippen LogP contribution in [-0.2, 0) is 6.54 Å². The van der Waals surface area contributed by atoms with E-state index in [0.29, 0.717) is 17.8 Å². The molecule has 0 fully saturated rings. The van der Waals surface area contributed by atoms with Crippen molar-refractivity contribution in [2.45, 2.75) is 6.54 Å². The molecule has 2 rings (SSSR count). The molecule has 0 atom stereocenters. The highest BCUT2D eigenvalue weighted by atomic mass is 79.9. The molecule has 0 radical (unpaired) electrons. The maximum atomic E-state index is 12.2. The fourth-order valence-electron chi connectivity index (χ4n) is 1.70. The second-order valence-electron chi connectivity index (χ2n) is 4.22. The molecule has 4 nitrogen and oxygen atoms in total. The monoisotopic (exact) mass is 319 g/mol. The van der Waals surface area contributed by atoms with Crippen LogP contribution in [0, 0.1) is 0 Å². The number of nitrogens with two attached hydrogens (primary N) is 1. The highest BCUT2D eigenvalue weighted by Gasteiger charge is 2.13. The van der Waals surface area contributed by atoms with E-state index in [4.69, 9.17) is 5.73 Å². The molecule has 1 aromatic carbocycles. The zero-order chi connectivity index (χ0) is 13.8. The van der Waals surface area contributed by atoms with Crippen molar-refractivity contribution in [1.29, 1.82) is 0 Å². The van der Waals surface area contributed by atoms with Crippen LogP contribution in [0.4, 0.5) is 5.69 Å². The smallest absolute Gasteiger partial charge is 0.254 e. The van der Waals surface area contributed by atoms with Crippen LogP contribution in [-0.4, -0.2) is 22.8 Å². The Labute approximate surface area is 120 Å². The van der Waals surface area contributed by atoms with Gasteiger partial charge in [0.25, 0.3) is 5.91 Å². The molecular formula is C14H14BrN3O. The topological polar surface area (TPSA) is 59.2 Å². The molecule has 0 aliphatic heterocycles. The van der Waals surface area contributed by atoms with Gasteiger partial charge in [-0.3, -0.25) is 9.78 Å². The lowest BCUT2D eigenvalue weighted by atomic mass is 10.2. The molecule has 1 aromatic heterocycles. The van der Waals surface area contributed by atoms with E-state index in [1.54, 1.807) is 36.3 Å². The number of nitrogen functional groups attached to an aromatic ring is 1. The van der Waals surface area contributed by atoms with Gasteiger partial charge in [-0.15, -0.1) is 0 Å². The van der Waals surface area contributed by atoms with E-state index in [0.717, 1.165) is 10.2 Å². The Morgan fingerprint density at radius 2 is 2.16 bits per heavy atom. The molecule has 0 saturated carbocycles. The first-order valence-electron chi connectivity index (χ1n) is 5.78. The fourth-order valence-corrected chi connectivity index (χ4v) is 1.95. The molecule has 2 N–H and O–H groups in total. The molecule has 1 amide bonds. The lowest BCUT2D eigenvalue weighted by molar-refractivity contribution is 0.0783. The fraction of sp³-hybridized carbons (Fsp3) is 0.143. The lowest BCUT2D eigenvalue weighted by Crippen LogP contribution is -2.26. The SMILES string of the molecule is CN(Cc1ccccn1)C(=O)c1ccc(Br)c(N)c1. The number of rotatable bonds is 3. The third kappa shape index (κ3) is 3.32. The number of carbonyl (C=O) groups excluding carboxylic acids is 1. The van der Waals surface area contributed by atoms with Crippen LogP contribution in [0.25, 0.3) is 0 Å².